The lowest BCUT2D eigenvalue weighted by molar-refractivity contribution is 0.182. The number of aryl methyl sites for hydroxylation is 1. The zero-order chi connectivity index (χ0) is 24.5. The van der Waals surface area contributed by atoms with Crippen LogP contribution in [0.25, 0.3) is 0 Å². The minimum Gasteiger partial charge on any atom is -0.497 e. The molecular weight excluding hydrogens is 450 g/mol. The second-order valence-corrected chi connectivity index (χ2v) is 9.07. The number of hydrogen-bond acceptors (Lipinski definition) is 5. The van der Waals surface area contributed by atoms with Crippen LogP contribution in [0.3, 0.4) is 0 Å². The third-order valence-electron chi connectivity index (χ3n) is 6.23. The highest BCUT2D eigenvalue weighted by molar-refractivity contribution is 6.30. The van der Waals surface area contributed by atoms with Gasteiger partial charge in [-0.25, -0.2) is 5.06 Å². The zero-order valence-corrected chi connectivity index (χ0v) is 22.0. The maximum Gasteiger partial charge on any atom is 0.133 e. The van der Waals surface area contributed by atoms with E-state index in [9.17, 15) is 0 Å². The first-order valence-electron chi connectivity index (χ1n) is 12.3. The predicted octanol–water partition coefficient (Wildman–Crippen LogP) is 8.18. The molecule has 0 aliphatic carbocycles. The molecule has 6 heteroatoms. The first kappa shape index (κ1) is 26.2. The molecule has 0 saturated heterocycles. The first-order chi connectivity index (χ1) is 16.6. The van der Waals surface area contributed by atoms with Crippen LogP contribution >= 0.6 is 11.6 Å². The number of rotatable bonds is 13. The average molecular weight is 488 g/mol. The van der Waals surface area contributed by atoms with Crippen LogP contribution in [-0.4, -0.2) is 21.3 Å². The van der Waals surface area contributed by atoms with Gasteiger partial charge in [0.05, 0.1) is 32.7 Å². The highest BCUT2D eigenvalue weighted by atomic mass is 35.5. The molecule has 0 saturated carbocycles. The van der Waals surface area contributed by atoms with Gasteiger partial charge in [0.15, 0.2) is 0 Å². The molecule has 3 rings (SSSR count). The maximum absolute atomic E-state index is 6.73. The molecule has 34 heavy (non-hydrogen) atoms. The Balaban J connectivity index is 1.95. The number of unbranched alkanes of at least 4 members (excludes halogenated alkanes) is 4. The number of hydroxylamine groups is 1. The summed E-state index contributed by atoms with van der Waals surface area (Å²) in [6.45, 7) is 4.41. The standard InChI is InChI=1S/C28H38ClNO4/c1-6-8-10-12-20-16-21(31-3)14-15-27(20)34-22-17-26-23(28(18-22)32-4)19-24(29)25(30(26)33-5)13-11-9-7-2/h14-18H,6-13,19H2,1-5H3. The molecule has 2 aromatic carbocycles. The van der Waals surface area contributed by atoms with Crippen molar-refractivity contribution in [3.05, 3.63) is 52.2 Å². The Hall–Kier alpha value is -2.37. The summed E-state index contributed by atoms with van der Waals surface area (Å²) < 4.78 is 17.6. The molecular formula is C28H38ClNO4. The first-order valence-corrected chi connectivity index (χ1v) is 12.7. The molecule has 1 aliphatic heterocycles. The van der Waals surface area contributed by atoms with Crippen LogP contribution in [-0.2, 0) is 17.7 Å². The van der Waals surface area contributed by atoms with Crippen molar-refractivity contribution in [1.29, 1.82) is 0 Å². The van der Waals surface area contributed by atoms with Crippen LogP contribution in [0.5, 0.6) is 23.0 Å². The molecule has 0 fully saturated rings. The fraction of sp³-hybridized carbons (Fsp3) is 0.500. The molecule has 0 N–H and O–H groups in total. The van der Waals surface area contributed by atoms with Crippen LogP contribution in [0.4, 0.5) is 5.69 Å². The summed E-state index contributed by atoms with van der Waals surface area (Å²) in [5.74, 6) is 3.10. The van der Waals surface area contributed by atoms with Gasteiger partial charge < -0.3 is 14.2 Å². The Labute approximate surface area is 209 Å². The van der Waals surface area contributed by atoms with Crippen LogP contribution in [0.2, 0.25) is 0 Å². The van der Waals surface area contributed by atoms with Gasteiger partial charge in [-0.05, 0) is 49.4 Å². The molecule has 0 spiro atoms. The number of allylic oxidation sites excluding steroid dienone is 2. The molecule has 0 unspecified atom stereocenters. The Morgan fingerprint density at radius 1 is 0.824 bits per heavy atom. The molecule has 0 aromatic heterocycles. The number of nitrogens with zero attached hydrogens (tertiary/aromatic N) is 1. The Kier molecular flexibility index (Phi) is 9.97. The van der Waals surface area contributed by atoms with E-state index in [4.69, 9.17) is 30.6 Å². The normalized spacial score (nSPS) is 13.2. The second-order valence-electron chi connectivity index (χ2n) is 8.62. The summed E-state index contributed by atoms with van der Waals surface area (Å²) in [4.78, 5) is 5.82. The smallest absolute Gasteiger partial charge is 0.133 e. The van der Waals surface area contributed by atoms with E-state index < -0.39 is 0 Å². The third-order valence-corrected chi connectivity index (χ3v) is 6.58. The number of ether oxygens (including phenoxy) is 3. The molecule has 0 amide bonds. The van der Waals surface area contributed by atoms with Crippen molar-refractivity contribution in [2.45, 2.75) is 71.6 Å². The molecule has 1 heterocycles. The van der Waals surface area contributed by atoms with Crippen LogP contribution in [0, 0.1) is 0 Å². The van der Waals surface area contributed by atoms with Crippen LogP contribution in [0.15, 0.2) is 41.1 Å². The Bertz CT molecular complexity index is 989. The SMILES string of the molecule is CCCCCC1=C(Cl)Cc2c(OC)cc(Oc3ccc(OC)cc3CCCCC)cc2N1OC. The summed E-state index contributed by atoms with van der Waals surface area (Å²) in [6, 6.07) is 9.93. The van der Waals surface area contributed by atoms with Gasteiger partial charge in [0.2, 0.25) is 0 Å². The Morgan fingerprint density at radius 3 is 2.21 bits per heavy atom. The van der Waals surface area contributed by atoms with Crippen LogP contribution < -0.4 is 19.3 Å². The second kappa shape index (κ2) is 12.9. The highest BCUT2D eigenvalue weighted by Crippen LogP contribution is 2.45. The van der Waals surface area contributed by atoms with Gasteiger partial charge in [-0.1, -0.05) is 51.1 Å². The largest absolute Gasteiger partial charge is 0.497 e. The van der Waals surface area contributed by atoms with Gasteiger partial charge >= 0.3 is 0 Å². The summed E-state index contributed by atoms with van der Waals surface area (Å²) in [7, 11) is 5.04. The lowest BCUT2D eigenvalue weighted by Crippen LogP contribution is -2.27. The van der Waals surface area contributed by atoms with Crippen molar-refractivity contribution in [3.63, 3.8) is 0 Å². The van der Waals surface area contributed by atoms with E-state index in [0.29, 0.717) is 12.2 Å². The number of anilines is 1. The molecule has 0 atom stereocenters. The molecule has 2 aromatic rings. The highest BCUT2D eigenvalue weighted by Gasteiger charge is 2.28. The third kappa shape index (κ3) is 6.19. The van der Waals surface area contributed by atoms with Crippen molar-refractivity contribution < 1.29 is 19.0 Å². The fourth-order valence-electron chi connectivity index (χ4n) is 4.38. The number of halogens is 1. The van der Waals surface area contributed by atoms with Crippen molar-refractivity contribution in [2.75, 3.05) is 26.4 Å². The lowest BCUT2D eigenvalue weighted by Gasteiger charge is -2.33. The summed E-state index contributed by atoms with van der Waals surface area (Å²) in [5.41, 5.74) is 4.05. The van der Waals surface area contributed by atoms with Crippen molar-refractivity contribution >= 4 is 17.3 Å². The lowest BCUT2D eigenvalue weighted by atomic mass is 10.00. The van der Waals surface area contributed by atoms with Crippen molar-refractivity contribution in [2.24, 2.45) is 0 Å². The minimum atomic E-state index is 0.618. The summed E-state index contributed by atoms with van der Waals surface area (Å²) in [5, 5.41) is 2.63. The van der Waals surface area contributed by atoms with E-state index in [0.717, 1.165) is 83.3 Å². The Morgan fingerprint density at radius 2 is 1.56 bits per heavy atom. The number of benzene rings is 2. The van der Waals surface area contributed by atoms with E-state index in [-0.39, 0.29) is 0 Å². The molecule has 5 nitrogen and oxygen atoms in total. The van der Waals surface area contributed by atoms with E-state index in [2.05, 4.69) is 19.9 Å². The topological polar surface area (TPSA) is 40.2 Å². The van der Waals surface area contributed by atoms with E-state index >= 15 is 0 Å². The maximum atomic E-state index is 6.73. The number of fused-ring (bicyclic) bond motifs is 1. The minimum absolute atomic E-state index is 0.618. The molecule has 0 bridgehead atoms. The number of hydrogen-bond donors (Lipinski definition) is 0. The van der Waals surface area contributed by atoms with E-state index in [1.165, 1.54) is 12.8 Å². The van der Waals surface area contributed by atoms with Gasteiger partial charge in [-0.2, -0.15) is 0 Å². The summed E-state index contributed by atoms with van der Waals surface area (Å²) >= 11 is 6.73. The van der Waals surface area contributed by atoms with Gasteiger partial charge in [0.25, 0.3) is 0 Å². The summed E-state index contributed by atoms with van der Waals surface area (Å²) in [6.07, 6.45) is 9.26. The molecule has 186 valence electrons. The monoisotopic (exact) mass is 487 g/mol. The van der Waals surface area contributed by atoms with Crippen molar-refractivity contribution in [3.8, 4) is 23.0 Å². The van der Waals surface area contributed by atoms with E-state index in [1.807, 2.05) is 29.3 Å². The van der Waals surface area contributed by atoms with Gasteiger partial charge in [0.1, 0.15) is 23.0 Å². The molecule has 0 radical (unpaired) electrons. The average Bonchev–Trinajstić information content (AvgIpc) is 2.85. The zero-order valence-electron chi connectivity index (χ0n) is 21.2. The fourth-order valence-corrected chi connectivity index (χ4v) is 4.68. The van der Waals surface area contributed by atoms with Gasteiger partial charge in [0, 0.05) is 29.1 Å². The van der Waals surface area contributed by atoms with Crippen molar-refractivity contribution in [1.82, 2.24) is 0 Å². The van der Waals surface area contributed by atoms with Crippen LogP contribution in [0.1, 0.15) is 69.9 Å². The number of methoxy groups -OCH3 is 2. The van der Waals surface area contributed by atoms with Gasteiger partial charge in [-0.3, -0.25) is 4.84 Å². The van der Waals surface area contributed by atoms with Gasteiger partial charge in [-0.15, -0.1) is 0 Å². The van der Waals surface area contributed by atoms with E-state index in [1.54, 1.807) is 21.3 Å². The predicted molar refractivity (Wildman–Crippen MR) is 140 cm³/mol. The quantitative estimate of drug-likeness (QED) is 0.266. The molecule has 1 aliphatic rings.